The molecular formula is C10H9ClN6. The molecule has 0 fully saturated rings. The second kappa shape index (κ2) is 4.75. The molecule has 0 radical (unpaired) electrons. The van der Waals surface area contributed by atoms with Gasteiger partial charge in [0.05, 0.1) is 11.9 Å². The summed E-state index contributed by atoms with van der Waals surface area (Å²) in [6, 6.07) is 6.91. The summed E-state index contributed by atoms with van der Waals surface area (Å²) in [5, 5.41) is 8.54. The molecule has 0 saturated carbocycles. The number of hydrogen-bond acceptors (Lipinski definition) is 6. The van der Waals surface area contributed by atoms with Crippen molar-refractivity contribution in [2.45, 2.75) is 0 Å². The maximum atomic E-state index is 5.75. The van der Waals surface area contributed by atoms with Crippen LogP contribution in [0.1, 0.15) is 0 Å². The van der Waals surface area contributed by atoms with E-state index < -0.39 is 0 Å². The molecule has 0 saturated heterocycles. The van der Waals surface area contributed by atoms with Crippen LogP contribution in [0.15, 0.2) is 40.7 Å². The Morgan fingerprint density at radius 2 is 1.76 bits per heavy atom. The molecule has 0 aliphatic heterocycles. The third-order valence-electron chi connectivity index (χ3n) is 1.92. The molecule has 1 aromatic carbocycles. The Labute approximate surface area is 102 Å². The molecule has 0 bridgehead atoms. The molecule has 0 unspecified atom stereocenters. The SMILES string of the molecule is Nc1ncc(N=Nc2ccc(Cl)cc2)c(N)n1. The van der Waals surface area contributed by atoms with E-state index in [-0.39, 0.29) is 11.8 Å². The molecule has 4 N–H and O–H groups in total. The van der Waals surface area contributed by atoms with Gasteiger partial charge in [-0.1, -0.05) is 11.6 Å². The van der Waals surface area contributed by atoms with Gasteiger partial charge in [-0.25, -0.2) is 4.98 Å². The Bertz CT molecular complexity index is 551. The van der Waals surface area contributed by atoms with Gasteiger partial charge >= 0.3 is 0 Å². The van der Waals surface area contributed by atoms with E-state index in [1.54, 1.807) is 24.3 Å². The molecule has 0 atom stereocenters. The monoisotopic (exact) mass is 248 g/mol. The Kier molecular flexibility index (Phi) is 3.15. The average molecular weight is 249 g/mol. The summed E-state index contributed by atoms with van der Waals surface area (Å²) in [5.74, 6) is 0.295. The van der Waals surface area contributed by atoms with Crippen molar-refractivity contribution in [2.75, 3.05) is 11.5 Å². The van der Waals surface area contributed by atoms with Gasteiger partial charge in [-0.05, 0) is 24.3 Å². The van der Waals surface area contributed by atoms with Crippen molar-refractivity contribution in [3.63, 3.8) is 0 Å². The van der Waals surface area contributed by atoms with E-state index in [0.717, 1.165) is 0 Å². The van der Waals surface area contributed by atoms with Crippen LogP contribution in [0, 0.1) is 0 Å². The largest absolute Gasteiger partial charge is 0.382 e. The van der Waals surface area contributed by atoms with Crippen LogP contribution in [0.25, 0.3) is 0 Å². The number of rotatable bonds is 2. The predicted molar refractivity (Wildman–Crippen MR) is 66.5 cm³/mol. The van der Waals surface area contributed by atoms with Gasteiger partial charge in [-0.15, -0.1) is 5.11 Å². The summed E-state index contributed by atoms with van der Waals surface area (Å²) in [7, 11) is 0. The van der Waals surface area contributed by atoms with Gasteiger partial charge in [0.25, 0.3) is 0 Å². The molecule has 0 aliphatic rings. The first-order chi connectivity index (χ1) is 8.15. The minimum atomic E-state index is 0.105. The van der Waals surface area contributed by atoms with Crippen molar-refractivity contribution in [3.05, 3.63) is 35.5 Å². The van der Waals surface area contributed by atoms with E-state index in [4.69, 9.17) is 23.1 Å². The normalized spacial score (nSPS) is 10.9. The zero-order valence-corrected chi connectivity index (χ0v) is 9.46. The fourth-order valence-corrected chi connectivity index (χ4v) is 1.23. The van der Waals surface area contributed by atoms with Crippen molar-refractivity contribution >= 4 is 34.7 Å². The van der Waals surface area contributed by atoms with Gasteiger partial charge in [0.15, 0.2) is 5.82 Å². The Morgan fingerprint density at radius 3 is 2.41 bits per heavy atom. The zero-order chi connectivity index (χ0) is 12.3. The lowest BCUT2D eigenvalue weighted by Crippen LogP contribution is -1.98. The van der Waals surface area contributed by atoms with Crippen LogP contribution in [0.3, 0.4) is 0 Å². The number of hydrogen-bond donors (Lipinski definition) is 2. The van der Waals surface area contributed by atoms with Crippen molar-refractivity contribution in [2.24, 2.45) is 10.2 Å². The number of azo groups is 1. The quantitative estimate of drug-likeness (QED) is 0.798. The van der Waals surface area contributed by atoms with Crippen LogP contribution >= 0.6 is 11.6 Å². The van der Waals surface area contributed by atoms with Gasteiger partial charge in [0.2, 0.25) is 5.95 Å². The first-order valence-corrected chi connectivity index (χ1v) is 5.08. The summed E-state index contributed by atoms with van der Waals surface area (Å²) in [5.41, 5.74) is 12.0. The summed E-state index contributed by atoms with van der Waals surface area (Å²) in [6.45, 7) is 0. The number of anilines is 2. The lowest BCUT2D eigenvalue weighted by atomic mass is 10.3. The Morgan fingerprint density at radius 1 is 1.06 bits per heavy atom. The molecular weight excluding hydrogens is 240 g/mol. The first kappa shape index (κ1) is 11.3. The smallest absolute Gasteiger partial charge is 0.222 e. The highest BCUT2D eigenvalue weighted by atomic mass is 35.5. The molecule has 17 heavy (non-hydrogen) atoms. The lowest BCUT2D eigenvalue weighted by Gasteiger charge is -1.98. The predicted octanol–water partition coefficient (Wildman–Crippen LogP) is 2.71. The molecule has 6 nitrogen and oxygen atoms in total. The molecule has 0 amide bonds. The number of nitrogens with zero attached hydrogens (tertiary/aromatic N) is 4. The Hall–Kier alpha value is -2.21. The van der Waals surface area contributed by atoms with Gasteiger partial charge < -0.3 is 11.5 Å². The van der Waals surface area contributed by atoms with Crippen molar-refractivity contribution in [3.8, 4) is 0 Å². The maximum absolute atomic E-state index is 5.75. The first-order valence-electron chi connectivity index (χ1n) is 4.70. The molecule has 1 aromatic heterocycles. The molecule has 2 rings (SSSR count). The fourth-order valence-electron chi connectivity index (χ4n) is 1.10. The number of halogens is 1. The molecule has 2 aromatic rings. The van der Waals surface area contributed by atoms with Crippen molar-refractivity contribution in [1.29, 1.82) is 0 Å². The highest BCUT2D eigenvalue weighted by Crippen LogP contribution is 2.23. The van der Waals surface area contributed by atoms with Crippen LogP contribution in [0.5, 0.6) is 0 Å². The van der Waals surface area contributed by atoms with Crippen LogP contribution < -0.4 is 11.5 Å². The number of nitrogens with two attached hydrogens (primary N) is 2. The van der Waals surface area contributed by atoms with Gasteiger partial charge in [-0.2, -0.15) is 10.1 Å². The summed E-state index contributed by atoms with van der Waals surface area (Å²) < 4.78 is 0. The molecule has 7 heteroatoms. The van der Waals surface area contributed by atoms with Crippen molar-refractivity contribution < 1.29 is 0 Å². The van der Waals surface area contributed by atoms with E-state index in [2.05, 4.69) is 20.2 Å². The minimum Gasteiger partial charge on any atom is -0.382 e. The lowest BCUT2D eigenvalue weighted by molar-refractivity contribution is 1.14. The third-order valence-corrected chi connectivity index (χ3v) is 2.17. The Balaban J connectivity index is 2.23. The second-order valence-corrected chi connectivity index (χ2v) is 3.61. The average Bonchev–Trinajstić information content (AvgIpc) is 2.30. The highest BCUT2D eigenvalue weighted by molar-refractivity contribution is 6.30. The third kappa shape index (κ3) is 2.88. The second-order valence-electron chi connectivity index (χ2n) is 3.18. The van der Waals surface area contributed by atoms with Gasteiger partial charge in [-0.3, -0.25) is 0 Å². The van der Waals surface area contributed by atoms with E-state index in [1.165, 1.54) is 6.20 Å². The summed E-state index contributed by atoms with van der Waals surface area (Å²) in [6.07, 6.45) is 1.41. The standard InChI is InChI=1S/C10H9ClN6/c11-6-1-3-7(4-2-6)16-17-8-5-14-10(13)15-9(8)12/h1-5H,(H4,12,13,14,15). The zero-order valence-electron chi connectivity index (χ0n) is 8.71. The number of nitrogen functional groups attached to an aromatic ring is 2. The highest BCUT2D eigenvalue weighted by Gasteiger charge is 2.00. The van der Waals surface area contributed by atoms with E-state index >= 15 is 0 Å². The van der Waals surface area contributed by atoms with Crippen LogP contribution in [0.2, 0.25) is 5.02 Å². The summed E-state index contributed by atoms with van der Waals surface area (Å²) >= 11 is 5.75. The maximum Gasteiger partial charge on any atom is 0.222 e. The molecule has 0 spiro atoms. The van der Waals surface area contributed by atoms with Crippen LogP contribution in [0.4, 0.5) is 23.1 Å². The fraction of sp³-hybridized carbons (Fsp3) is 0. The molecule has 1 heterocycles. The summed E-state index contributed by atoms with van der Waals surface area (Å²) in [4.78, 5) is 7.55. The van der Waals surface area contributed by atoms with Gasteiger partial charge in [0.1, 0.15) is 5.69 Å². The topological polar surface area (TPSA) is 103 Å². The molecule has 86 valence electrons. The minimum absolute atomic E-state index is 0.105. The number of aromatic nitrogens is 2. The van der Waals surface area contributed by atoms with Gasteiger partial charge in [0, 0.05) is 5.02 Å². The van der Waals surface area contributed by atoms with Crippen LogP contribution in [-0.4, -0.2) is 9.97 Å². The van der Waals surface area contributed by atoms with E-state index in [0.29, 0.717) is 16.4 Å². The van der Waals surface area contributed by atoms with Crippen molar-refractivity contribution in [1.82, 2.24) is 9.97 Å². The molecule has 0 aliphatic carbocycles. The number of benzene rings is 1. The van der Waals surface area contributed by atoms with Crippen LogP contribution in [-0.2, 0) is 0 Å². The van der Waals surface area contributed by atoms with E-state index in [9.17, 15) is 0 Å². The van der Waals surface area contributed by atoms with E-state index in [1.807, 2.05) is 0 Å².